The van der Waals surface area contributed by atoms with Crippen LogP contribution in [-0.2, 0) is 6.18 Å². The molecule has 104 valence electrons. The Kier molecular flexibility index (Phi) is 6.47. The Morgan fingerprint density at radius 2 is 1.89 bits per heavy atom. The molecule has 6 heteroatoms. The molecule has 0 bridgehead atoms. The fourth-order valence-corrected chi connectivity index (χ4v) is 1.95. The van der Waals surface area contributed by atoms with Gasteiger partial charge < -0.3 is 5.73 Å². The summed E-state index contributed by atoms with van der Waals surface area (Å²) in [6, 6.07) is 3.38. The van der Waals surface area contributed by atoms with Crippen molar-refractivity contribution in [2.24, 2.45) is 11.7 Å². The highest BCUT2D eigenvalue weighted by atomic mass is 35.5. The van der Waals surface area contributed by atoms with Crippen molar-refractivity contribution in [2.45, 2.75) is 32.5 Å². The minimum atomic E-state index is -4.44. The van der Waals surface area contributed by atoms with Crippen LogP contribution >= 0.6 is 24.0 Å². The van der Waals surface area contributed by atoms with Gasteiger partial charge in [-0.3, -0.25) is 0 Å². The van der Waals surface area contributed by atoms with E-state index in [1.807, 2.05) is 13.8 Å². The molecule has 0 aliphatic rings. The van der Waals surface area contributed by atoms with Crippen LogP contribution in [0, 0.1) is 5.92 Å². The zero-order valence-electron chi connectivity index (χ0n) is 10.1. The molecule has 18 heavy (non-hydrogen) atoms. The molecule has 2 N–H and O–H groups in total. The van der Waals surface area contributed by atoms with E-state index in [-0.39, 0.29) is 23.3 Å². The zero-order chi connectivity index (χ0) is 13.2. The Labute approximate surface area is 116 Å². The fourth-order valence-electron chi connectivity index (χ4n) is 1.59. The number of hydrogen-bond donors (Lipinski definition) is 1. The number of alkyl halides is 3. The highest BCUT2D eigenvalue weighted by Gasteiger charge is 2.34. The van der Waals surface area contributed by atoms with Gasteiger partial charge in [-0.15, -0.1) is 12.4 Å². The van der Waals surface area contributed by atoms with Crippen molar-refractivity contribution < 1.29 is 13.2 Å². The Morgan fingerprint density at radius 3 is 2.33 bits per heavy atom. The fraction of sp³-hybridized carbons (Fsp3) is 0.500. The van der Waals surface area contributed by atoms with Crippen molar-refractivity contribution in [1.29, 1.82) is 0 Å². The van der Waals surface area contributed by atoms with Crippen LogP contribution < -0.4 is 5.73 Å². The Hall–Kier alpha value is -0.450. The van der Waals surface area contributed by atoms with Gasteiger partial charge in [0.25, 0.3) is 0 Å². The molecule has 0 heterocycles. The second-order valence-corrected chi connectivity index (χ2v) is 4.50. The summed E-state index contributed by atoms with van der Waals surface area (Å²) in [5, 5.41) is -0.284. The van der Waals surface area contributed by atoms with Crippen LogP contribution in [-0.4, -0.2) is 0 Å². The smallest absolute Gasteiger partial charge is 0.324 e. The maximum Gasteiger partial charge on any atom is 0.417 e. The zero-order valence-corrected chi connectivity index (χ0v) is 11.7. The monoisotopic (exact) mass is 301 g/mol. The number of hydrogen-bond acceptors (Lipinski definition) is 1. The van der Waals surface area contributed by atoms with Gasteiger partial charge in [0.2, 0.25) is 0 Å². The van der Waals surface area contributed by atoms with Gasteiger partial charge in [0, 0.05) is 6.04 Å². The average molecular weight is 302 g/mol. The summed E-state index contributed by atoms with van der Waals surface area (Å²) < 4.78 is 37.9. The first-order chi connectivity index (χ1) is 7.79. The van der Waals surface area contributed by atoms with Gasteiger partial charge in [0.1, 0.15) is 0 Å². The normalized spacial score (nSPS) is 14.8. The minimum Gasteiger partial charge on any atom is -0.324 e. The lowest BCUT2D eigenvalue weighted by atomic mass is 9.92. The molecule has 0 fully saturated rings. The van der Waals surface area contributed by atoms with Crippen LogP contribution in [0.25, 0.3) is 0 Å². The molecule has 0 aromatic heterocycles. The summed E-state index contributed by atoms with van der Waals surface area (Å²) in [5.41, 5.74) is 5.44. The predicted molar refractivity (Wildman–Crippen MR) is 70.1 cm³/mol. The van der Waals surface area contributed by atoms with Crippen LogP contribution in [0.4, 0.5) is 13.2 Å². The summed E-state index contributed by atoms with van der Waals surface area (Å²) in [6.45, 7) is 3.83. The van der Waals surface area contributed by atoms with Crippen LogP contribution in [0.15, 0.2) is 18.2 Å². The second-order valence-electron chi connectivity index (χ2n) is 4.12. The van der Waals surface area contributed by atoms with Gasteiger partial charge >= 0.3 is 6.18 Å². The maximum absolute atomic E-state index is 12.6. The van der Waals surface area contributed by atoms with Gasteiger partial charge in [0.05, 0.1) is 10.6 Å². The molecule has 2 atom stereocenters. The summed E-state index contributed by atoms with van der Waals surface area (Å²) in [7, 11) is 0. The lowest BCUT2D eigenvalue weighted by Gasteiger charge is -2.21. The van der Waals surface area contributed by atoms with Crippen LogP contribution in [0.1, 0.15) is 37.4 Å². The first kappa shape index (κ1) is 17.6. The lowest BCUT2D eigenvalue weighted by molar-refractivity contribution is -0.137. The Bertz CT molecular complexity index is 393. The molecule has 0 amide bonds. The average Bonchev–Trinajstić information content (AvgIpc) is 2.25. The maximum atomic E-state index is 12.6. The summed E-state index contributed by atoms with van der Waals surface area (Å²) >= 11 is 5.79. The van der Waals surface area contributed by atoms with Gasteiger partial charge in [-0.05, 0) is 17.5 Å². The van der Waals surface area contributed by atoms with Crippen LogP contribution in [0.3, 0.4) is 0 Å². The van der Waals surface area contributed by atoms with E-state index in [4.69, 9.17) is 17.3 Å². The topological polar surface area (TPSA) is 26.0 Å². The van der Waals surface area contributed by atoms with Gasteiger partial charge in [0.15, 0.2) is 0 Å². The van der Waals surface area contributed by atoms with Crippen molar-refractivity contribution in [2.75, 3.05) is 0 Å². The molecular weight excluding hydrogens is 286 g/mol. The summed E-state index contributed by atoms with van der Waals surface area (Å²) in [4.78, 5) is 0. The molecule has 1 rings (SSSR count). The second kappa shape index (κ2) is 6.64. The first-order valence-corrected chi connectivity index (χ1v) is 5.78. The SMILES string of the molecule is CCC(C)[C@@H](N)c1cccc(C(F)(F)F)c1Cl.Cl. The number of benzene rings is 1. The molecule has 0 spiro atoms. The number of nitrogens with two attached hydrogens (primary N) is 1. The van der Waals surface area contributed by atoms with E-state index in [1.54, 1.807) is 6.07 Å². The molecule has 1 aromatic rings. The molecule has 0 saturated carbocycles. The van der Waals surface area contributed by atoms with Gasteiger partial charge in [-0.1, -0.05) is 44.0 Å². The van der Waals surface area contributed by atoms with E-state index in [0.29, 0.717) is 5.56 Å². The quantitative estimate of drug-likeness (QED) is 0.850. The molecule has 0 saturated heterocycles. The van der Waals surface area contributed by atoms with E-state index in [0.717, 1.165) is 12.5 Å². The van der Waals surface area contributed by atoms with Crippen molar-refractivity contribution in [3.05, 3.63) is 34.3 Å². The van der Waals surface area contributed by atoms with E-state index in [1.165, 1.54) is 6.07 Å². The van der Waals surface area contributed by atoms with Gasteiger partial charge in [-0.2, -0.15) is 13.2 Å². The molecule has 0 aliphatic carbocycles. The third-order valence-electron chi connectivity index (χ3n) is 2.95. The minimum absolute atomic E-state index is 0. The third kappa shape index (κ3) is 3.77. The third-order valence-corrected chi connectivity index (χ3v) is 3.37. The highest BCUT2D eigenvalue weighted by Crippen LogP contribution is 2.38. The Morgan fingerprint density at radius 1 is 1.33 bits per heavy atom. The highest BCUT2D eigenvalue weighted by molar-refractivity contribution is 6.32. The molecule has 1 aromatic carbocycles. The summed E-state index contributed by atoms with van der Waals surface area (Å²) in [5.74, 6) is 0.0796. The van der Waals surface area contributed by atoms with Crippen LogP contribution in [0.2, 0.25) is 5.02 Å². The van der Waals surface area contributed by atoms with Gasteiger partial charge in [-0.25, -0.2) is 0 Å². The van der Waals surface area contributed by atoms with Crippen LogP contribution in [0.5, 0.6) is 0 Å². The molecular formula is C12H16Cl2F3N. The number of rotatable bonds is 3. The predicted octanol–water partition coefficient (Wildman–Crippen LogP) is 4.83. The van der Waals surface area contributed by atoms with Crippen molar-refractivity contribution in [3.8, 4) is 0 Å². The van der Waals surface area contributed by atoms with E-state index >= 15 is 0 Å². The molecule has 0 aliphatic heterocycles. The molecule has 0 radical (unpaired) electrons. The van der Waals surface area contributed by atoms with E-state index < -0.39 is 17.8 Å². The van der Waals surface area contributed by atoms with Crippen molar-refractivity contribution in [1.82, 2.24) is 0 Å². The summed E-state index contributed by atoms with van der Waals surface area (Å²) in [6.07, 6.45) is -3.66. The molecule has 1 nitrogen and oxygen atoms in total. The number of halogens is 5. The lowest BCUT2D eigenvalue weighted by Crippen LogP contribution is -2.20. The molecule has 1 unspecified atom stereocenters. The van der Waals surface area contributed by atoms with Crippen molar-refractivity contribution in [3.63, 3.8) is 0 Å². The van der Waals surface area contributed by atoms with E-state index in [9.17, 15) is 13.2 Å². The Balaban J connectivity index is 0.00000289. The largest absolute Gasteiger partial charge is 0.417 e. The first-order valence-electron chi connectivity index (χ1n) is 5.40. The van der Waals surface area contributed by atoms with Crippen molar-refractivity contribution >= 4 is 24.0 Å². The standard InChI is InChI=1S/C12H15ClF3N.ClH/c1-3-7(2)11(17)8-5-4-6-9(10(8)13)12(14,15)16;/h4-7,11H,3,17H2,1-2H3;1H/t7?,11-;/m1./s1. The van der Waals surface area contributed by atoms with E-state index in [2.05, 4.69) is 0 Å².